The summed E-state index contributed by atoms with van der Waals surface area (Å²) in [5.74, 6) is -1.83. The van der Waals surface area contributed by atoms with E-state index in [1.807, 2.05) is 6.07 Å². The van der Waals surface area contributed by atoms with Crippen LogP contribution >= 0.6 is 22.9 Å². The number of benzene rings is 2. The number of methoxy groups -OCH3 is 2. The number of carbonyl (C=O) groups is 1. The van der Waals surface area contributed by atoms with Gasteiger partial charge in [0.25, 0.3) is 0 Å². The Balaban J connectivity index is 1.68. The molecule has 0 aliphatic heterocycles. The molecule has 0 amide bonds. The maximum atomic E-state index is 14.8. The van der Waals surface area contributed by atoms with E-state index in [9.17, 15) is 22.4 Å². The van der Waals surface area contributed by atoms with Gasteiger partial charge in [0.15, 0.2) is 0 Å². The molecule has 0 N–H and O–H groups in total. The Labute approximate surface area is 227 Å². The second-order valence-corrected chi connectivity index (χ2v) is 10.9. The van der Waals surface area contributed by atoms with Crippen LogP contribution in [-0.2, 0) is 16.1 Å². The van der Waals surface area contributed by atoms with Crippen LogP contribution in [-0.4, -0.2) is 26.4 Å². The van der Waals surface area contributed by atoms with E-state index in [2.05, 4.69) is 0 Å². The summed E-state index contributed by atoms with van der Waals surface area (Å²) in [7, 11) is 2.74. The molecule has 4 nitrogen and oxygen atoms in total. The van der Waals surface area contributed by atoms with Crippen molar-refractivity contribution in [3.05, 3.63) is 69.3 Å². The number of thiophene rings is 1. The summed E-state index contributed by atoms with van der Waals surface area (Å²) in [5, 5.41) is 0. The molecule has 0 bridgehead atoms. The molecule has 10 heteroatoms. The van der Waals surface area contributed by atoms with Gasteiger partial charge in [-0.15, -0.1) is 11.3 Å². The second kappa shape index (κ2) is 11.5. The lowest BCUT2D eigenvalue weighted by Gasteiger charge is -2.20. The Morgan fingerprint density at radius 2 is 1.87 bits per heavy atom. The van der Waals surface area contributed by atoms with Crippen molar-refractivity contribution in [2.45, 2.75) is 50.8 Å². The van der Waals surface area contributed by atoms with Gasteiger partial charge in [-0.1, -0.05) is 23.7 Å². The minimum absolute atomic E-state index is 0.0225. The molecule has 1 aliphatic carbocycles. The molecule has 2 unspecified atom stereocenters. The van der Waals surface area contributed by atoms with E-state index in [0.717, 1.165) is 42.7 Å². The Hall–Kier alpha value is -2.78. The predicted molar refractivity (Wildman–Crippen MR) is 139 cm³/mol. The molecule has 0 spiro atoms. The molecular weight excluding hydrogens is 544 g/mol. The summed E-state index contributed by atoms with van der Waals surface area (Å²) >= 11 is 7.33. The van der Waals surface area contributed by atoms with Crippen LogP contribution in [0.3, 0.4) is 0 Å². The molecule has 1 aliphatic rings. The summed E-state index contributed by atoms with van der Waals surface area (Å²) in [4.78, 5) is 12.0. The first-order valence-corrected chi connectivity index (χ1v) is 13.2. The van der Waals surface area contributed by atoms with Crippen molar-refractivity contribution < 1.29 is 36.6 Å². The average Bonchev–Trinajstić information content (AvgIpc) is 3.68. The van der Waals surface area contributed by atoms with Crippen LogP contribution in [0.5, 0.6) is 11.5 Å². The largest absolute Gasteiger partial charge is 0.497 e. The van der Waals surface area contributed by atoms with Gasteiger partial charge < -0.3 is 14.2 Å². The number of rotatable bonds is 10. The van der Waals surface area contributed by atoms with Gasteiger partial charge in [-0.2, -0.15) is 13.2 Å². The molecule has 204 valence electrons. The molecule has 2 atom stereocenters. The fourth-order valence-electron chi connectivity index (χ4n) is 4.52. The third kappa shape index (κ3) is 6.26. The Morgan fingerprint density at radius 3 is 2.50 bits per heavy atom. The smallest absolute Gasteiger partial charge is 0.395 e. The molecule has 2 aromatic carbocycles. The van der Waals surface area contributed by atoms with Crippen molar-refractivity contribution in [1.82, 2.24) is 0 Å². The summed E-state index contributed by atoms with van der Waals surface area (Å²) in [6.45, 7) is 0.780. The quantitative estimate of drug-likeness (QED) is 0.181. The third-order valence-electron chi connectivity index (χ3n) is 6.82. The SMILES string of the molecule is COC(=O)CC(c1cccc(OCc2c(Cl)sc(-c3cc(OC)ccc3F)c2C(C)C(F)(F)F)c1)C1CC1. The molecule has 1 fully saturated rings. The number of esters is 1. The average molecular weight is 571 g/mol. The number of hydrogen-bond acceptors (Lipinski definition) is 5. The van der Waals surface area contributed by atoms with E-state index in [0.29, 0.717) is 17.4 Å². The van der Waals surface area contributed by atoms with Gasteiger partial charge in [0, 0.05) is 16.0 Å². The van der Waals surface area contributed by atoms with E-state index in [1.165, 1.54) is 26.4 Å². The van der Waals surface area contributed by atoms with Gasteiger partial charge in [-0.3, -0.25) is 4.79 Å². The molecule has 4 rings (SSSR count). The van der Waals surface area contributed by atoms with Gasteiger partial charge in [0.1, 0.15) is 28.3 Å². The summed E-state index contributed by atoms with van der Waals surface area (Å²) in [6, 6.07) is 11.1. The standard InChI is InChI=1S/C28H27ClF4O4S/c1-15(28(31,32)33)25-22(27(29)38-26(25)21-12-18(35-2)9-10-23(21)30)14-37-19-6-4-5-17(11-19)20(16-7-8-16)13-24(34)36-3/h4-6,9-12,15-16,20H,7-8,13-14H2,1-3H3. The van der Waals surface area contributed by atoms with Crippen molar-refractivity contribution in [2.24, 2.45) is 5.92 Å². The van der Waals surface area contributed by atoms with E-state index < -0.39 is 17.9 Å². The van der Waals surface area contributed by atoms with Crippen LogP contribution in [0.25, 0.3) is 10.4 Å². The lowest BCUT2D eigenvalue weighted by molar-refractivity contribution is -0.146. The van der Waals surface area contributed by atoms with E-state index in [-0.39, 0.29) is 50.8 Å². The number of ether oxygens (including phenoxy) is 3. The molecule has 1 heterocycles. The van der Waals surface area contributed by atoms with Gasteiger partial charge >= 0.3 is 12.1 Å². The number of carbonyl (C=O) groups excluding carboxylic acids is 1. The number of hydrogen-bond donors (Lipinski definition) is 0. The maximum absolute atomic E-state index is 14.8. The molecular formula is C28H27ClF4O4S. The first-order valence-electron chi connectivity index (χ1n) is 12.0. The van der Waals surface area contributed by atoms with Gasteiger partial charge in [0.2, 0.25) is 0 Å². The van der Waals surface area contributed by atoms with Crippen molar-refractivity contribution in [2.75, 3.05) is 14.2 Å². The first kappa shape index (κ1) is 28.2. The lowest BCUT2D eigenvalue weighted by atomic mass is 9.91. The van der Waals surface area contributed by atoms with Crippen molar-refractivity contribution in [3.8, 4) is 21.9 Å². The van der Waals surface area contributed by atoms with Crippen molar-refractivity contribution >= 4 is 28.9 Å². The summed E-state index contributed by atoms with van der Waals surface area (Å²) in [6.07, 6.45) is -2.32. The van der Waals surface area contributed by atoms with E-state index >= 15 is 0 Å². The molecule has 0 saturated heterocycles. The number of alkyl halides is 3. The molecule has 1 aromatic heterocycles. The second-order valence-electron chi connectivity index (χ2n) is 9.29. The normalized spacial score (nSPS) is 15.2. The zero-order valence-electron chi connectivity index (χ0n) is 21.0. The fourth-order valence-corrected chi connectivity index (χ4v) is 6.05. The zero-order valence-corrected chi connectivity index (χ0v) is 22.6. The maximum Gasteiger partial charge on any atom is 0.395 e. The van der Waals surface area contributed by atoms with Crippen molar-refractivity contribution in [3.63, 3.8) is 0 Å². The van der Waals surface area contributed by atoms with Crippen LogP contribution in [0.15, 0.2) is 42.5 Å². The minimum atomic E-state index is -4.59. The molecule has 0 radical (unpaired) electrons. The van der Waals surface area contributed by atoms with Crippen molar-refractivity contribution in [1.29, 1.82) is 0 Å². The topological polar surface area (TPSA) is 44.8 Å². The molecule has 38 heavy (non-hydrogen) atoms. The fraction of sp³-hybridized carbons (Fsp3) is 0.393. The third-order valence-corrected chi connectivity index (χ3v) is 8.34. The molecule has 3 aromatic rings. The highest BCUT2D eigenvalue weighted by Gasteiger charge is 2.41. The summed E-state index contributed by atoms with van der Waals surface area (Å²) < 4.78 is 72.7. The van der Waals surface area contributed by atoms with Gasteiger partial charge in [-0.25, -0.2) is 4.39 Å². The Bertz CT molecular complexity index is 1300. The monoisotopic (exact) mass is 570 g/mol. The van der Waals surface area contributed by atoms with Crippen LogP contribution in [0.1, 0.15) is 54.7 Å². The zero-order chi connectivity index (χ0) is 27.6. The first-order chi connectivity index (χ1) is 18.0. The highest BCUT2D eigenvalue weighted by atomic mass is 35.5. The highest BCUT2D eigenvalue weighted by Crippen LogP contribution is 2.49. The highest BCUT2D eigenvalue weighted by molar-refractivity contribution is 7.19. The number of halogens is 5. The van der Waals surface area contributed by atoms with Crippen LogP contribution < -0.4 is 9.47 Å². The van der Waals surface area contributed by atoms with Crippen LogP contribution in [0.4, 0.5) is 17.6 Å². The molecule has 1 saturated carbocycles. The van der Waals surface area contributed by atoms with E-state index in [4.69, 9.17) is 25.8 Å². The Kier molecular flexibility index (Phi) is 8.57. The van der Waals surface area contributed by atoms with Crippen LogP contribution in [0, 0.1) is 11.7 Å². The van der Waals surface area contributed by atoms with E-state index in [1.54, 1.807) is 18.2 Å². The predicted octanol–water partition coefficient (Wildman–Crippen LogP) is 8.52. The lowest BCUT2D eigenvalue weighted by Crippen LogP contribution is -2.19. The van der Waals surface area contributed by atoms with Crippen LogP contribution in [0.2, 0.25) is 4.34 Å². The minimum Gasteiger partial charge on any atom is -0.497 e. The Morgan fingerprint density at radius 1 is 1.13 bits per heavy atom. The van der Waals surface area contributed by atoms with Gasteiger partial charge in [0.05, 0.1) is 26.6 Å². The van der Waals surface area contributed by atoms with Gasteiger partial charge in [-0.05, 0) is 73.1 Å². The summed E-state index contributed by atoms with van der Waals surface area (Å²) in [5.41, 5.74) is 0.898.